The topological polar surface area (TPSA) is 129 Å². The maximum absolute atomic E-state index is 15.4. The summed E-state index contributed by atoms with van der Waals surface area (Å²) in [6, 6.07) is 6.23. The predicted octanol–water partition coefficient (Wildman–Crippen LogP) is 12.5. The van der Waals surface area contributed by atoms with E-state index in [-0.39, 0.29) is 42.1 Å². The number of aromatic nitrogens is 2. The Kier molecular flexibility index (Phi) is 14.5. The molecule has 2 N–H and O–H groups in total. The van der Waals surface area contributed by atoms with Gasteiger partial charge in [0.1, 0.15) is 29.5 Å². The number of benzene rings is 2. The number of halogens is 1. The number of carbonyl (C=O) groups is 2. The number of cyclic esters (lactones) is 1. The second-order valence-corrected chi connectivity index (χ2v) is 19.9. The van der Waals surface area contributed by atoms with Gasteiger partial charge in [0.15, 0.2) is 5.60 Å². The summed E-state index contributed by atoms with van der Waals surface area (Å²) in [6.45, 7) is 23.7. The van der Waals surface area contributed by atoms with E-state index < -0.39 is 29.3 Å². The summed E-state index contributed by atoms with van der Waals surface area (Å²) in [7, 11) is 0. The van der Waals surface area contributed by atoms with Gasteiger partial charge in [0.05, 0.1) is 35.1 Å². The molecule has 0 saturated heterocycles. The van der Waals surface area contributed by atoms with E-state index in [1.165, 1.54) is 28.4 Å². The zero-order valence-electron chi connectivity index (χ0n) is 41.2. The van der Waals surface area contributed by atoms with Crippen LogP contribution in [0.4, 0.5) is 9.18 Å². The average molecular weight is 914 g/mol. The van der Waals surface area contributed by atoms with Gasteiger partial charge in [-0.3, -0.25) is 4.79 Å². The highest BCUT2D eigenvalue weighted by Crippen LogP contribution is 2.46. The zero-order valence-corrected chi connectivity index (χ0v) is 41.2. The number of fused-ring (bicyclic) bond motifs is 6. The molecule has 3 atom stereocenters. The molecular weight excluding hydrogens is 846 g/mol. The first-order valence-electron chi connectivity index (χ1n) is 23.9. The maximum Gasteiger partial charge on any atom is 0.413 e. The number of allylic oxidation sites excluding steroid dienone is 7. The Hall–Kier alpha value is -5.81. The van der Waals surface area contributed by atoms with Crippen molar-refractivity contribution in [3.8, 4) is 22.9 Å². The lowest BCUT2D eigenvalue weighted by Gasteiger charge is -2.37. The molecule has 2 aromatic heterocycles. The molecule has 0 bridgehead atoms. The van der Waals surface area contributed by atoms with Gasteiger partial charge in [-0.1, -0.05) is 47.4 Å². The molecule has 0 radical (unpaired) electrons. The van der Waals surface area contributed by atoms with Crippen LogP contribution >= 0.6 is 0 Å². The van der Waals surface area contributed by atoms with Crippen LogP contribution in [0.1, 0.15) is 164 Å². The van der Waals surface area contributed by atoms with Crippen LogP contribution in [-0.2, 0) is 41.1 Å². The average Bonchev–Trinajstić information content (AvgIpc) is 3.63. The number of hydrogen-bond donors (Lipinski definition) is 2. The lowest BCUT2D eigenvalue weighted by molar-refractivity contribution is -0.172. The number of pyridine rings is 2. The number of nitrogens with zero attached hydrogens (tertiary/aromatic N) is 2. The van der Waals surface area contributed by atoms with Crippen LogP contribution in [0.2, 0.25) is 0 Å². The van der Waals surface area contributed by atoms with Gasteiger partial charge in [0, 0.05) is 22.6 Å². The van der Waals surface area contributed by atoms with Gasteiger partial charge in [0.25, 0.3) is 5.56 Å². The van der Waals surface area contributed by atoms with Crippen molar-refractivity contribution in [2.75, 3.05) is 0 Å². The van der Waals surface area contributed by atoms with Gasteiger partial charge in [-0.05, 0) is 179 Å². The van der Waals surface area contributed by atoms with Gasteiger partial charge in [-0.25, -0.2) is 19.0 Å². The number of hydrogen-bond acceptors (Lipinski definition) is 8. The number of rotatable bonds is 12. The number of carbonyl (C=O) groups excluding carboxylic acids is 2. The molecule has 0 saturated carbocycles. The Labute approximate surface area is 395 Å². The minimum absolute atomic E-state index is 0.0110. The summed E-state index contributed by atoms with van der Waals surface area (Å²) in [4.78, 5) is 45.6. The van der Waals surface area contributed by atoms with Gasteiger partial charge in [-0.2, -0.15) is 0 Å². The SMILES string of the molecule is C=C(C)C.CC[C@@]1(O)C(=O)OCc2c1cc1n(c2=O)Cc2c-1nc1cc(F)c(C)c3c1c2C(NC(=O)Oc1cc(C)c2c(c1)CCC(C)(CC/C=C(\C)CC/C=C(\C)CCC=C(C)C)O2)CC3. The molecule has 0 fully saturated rings. The molecule has 3 aliphatic heterocycles. The van der Waals surface area contributed by atoms with Crippen LogP contribution in [0.3, 0.4) is 0 Å². The highest BCUT2D eigenvalue weighted by Gasteiger charge is 2.46. The van der Waals surface area contributed by atoms with Gasteiger partial charge < -0.3 is 29.2 Å². The maximum atomic E-state index is 15.4. The number of aryl methyl sites for hydroxylation is 3. The molecule has 356 valence electrons. The third kappa shape index (κ3) is 10.2. The van der Waals surface area contributed by atoms with E-state index in [1.54, 1.807) is 24.5 Å². The number of amides is 1. The van der Waals surface area contributed by atoms with Gasteiger partial charge in [0.2, 0.25) is 0 Å². The third-order valence-electron chi connectivity index (χ3n) is 13.8. The quantitative estimate of drug-likeness (QED) is 0.0935. The molecule has 5 heterocycles. The standard InChI is InChI=1S/C52H60FN3O7.C4H8/c1-9-52(60)39-25-43-46-37(27-56(43)48(57)38(39)28-61-49(52)58)45-41(19-18-36-33(7)40(53)26-42(54-46)44(36)45)55-50(59)62-35-23-32(6)47-34(24-35)20-22-51(8,63-47)21-12-17-31(5)16-11-15-30(4)14-10-13-29(2)3;1-4(2)3/h13,15,17,23-26,41,60H,9-12,14,16,18-22,27-28H2,1-8H3,(H,55,59);1H2,2-3H3/b30-15+,31-17+;/t41?,51?,52-;/m0./s1. The molecule has 11 heteroatoms. The largest absolute Gasteiger partial charge is 0.487 e. The van der Waals surface area contributed by atoms with Crippen LogP contribution in [0.25, 0.3) is 22.3 Å². The summed E-state index contributed by atoms with van der Waals surface area (Å²) in [5, 5.41) is 15.3. The second kappa shape index (κ2) is 19.8. The predicted molar refractivity (Wildman–Crippen MR) is 263 cm³/mol. The molecule has 10 nitrogen and oxygen atoms in total. The summed E-state index contributed by atoms with van der Waals surface area (Å²) in [5.74, 6) is 0.0632. The van der Waals surface area contributed by atoms with Crippen molar-refractivity contribution in [2.45, 2.75) is 170 Å². The molecule has 8 rings (SSSR count). The van der Waals surface area contributed by atoms with Crippen LogP contribution in [0.5, 0.6) is 11.5 Å². The van der Waals surface area contributed by atoms with Crippen molar-refractivity contribution in [1.29, 1.82) is 0 Å². The number of ether oxygens (including phenoxy) is 3. The van der Waals surface area contributed by atoms with Crippen LogP contribution in [0.15, 0.2) is 76.2 Å². The Balaban J connectivity index is 0.00000160. The van der Waals surface area contributed by atoms with Crippen molar-refractivity contribution >= 4 is 23.0 Å². The van der Waals surface area contributed by atoms with E-state index in [9.17, 15) is 19.5 Å². The minimum Gasteiger partial charge on any atom is -0.487 e. The molecular formula is C56H68FN3O7. The lowest BCUT2D eigenvalue weighted by atomic mass is 9.81. The molecule has 2 aromatic carbocycles. The van der Waals surface area contributed by atoms with Crippen molar-refractivity contribution in [2.24, 2.45) is 0 Å². The number of nitrogens with one attached hydrogen (secondary N) is 1. The van der Waals surface area contributed by atoms with E-state index in [4.69, 9.17) is 19.2 Å². The lowest BCUT2D eigenvalue weighted by Crippen LogP contribution is -2.44. The van der Waals surface area contributed by atoms with Crippen molar-refractivity contribution in [3.05, 3.63) is 132 Å². The van der Waals surface area contributed by atoms with E-state index >= 15 is 4.39 Å². The Morgan fingerprint density at radius 1 is 0.985 bits per heavy atom. The molecule has 0 spiro atoms. The van der Waals surface area contributed by atoms with Crippen molar-refractivity contribution in [3.63, 3.8) is 0 Å². The highest BCUT2D eigenvalue weighted by atomic mass is 19.1. The van der Waals surface area contributed by atoms with Crippen LogP contribution in [0, 0.1) is 19.7 Å². The Morgan fingerprint density at radius 3 is 2.36 bits per heavy atom. The Bertz CT molecular complexity index is 2810. The van der Waals surface area contributed by atoms with Crippen molar-refractivity contribution < 1.29 is 33.3 Å². The fourth-order valence-electron chi connectivity index (χ4n) is 10.0. The molecule has 4 aromatic rings. The smallest absolute Gasteiger partial charge is 0.413 e. The molecule has 1 amide bonds. The molecule has 1 aliphatic carbocycles. The summed E-state index contributed by atoms with van der Waals surface area (Å²) in [5.41, 5.74) is 9.07. The summed E-state index contributed by atoms with van der Waals surface area (Å²) < 4.78 is 34.9. The molecule has 4 aliphatic rings. The number of esters is 1. The van der Waals surface area contributed by atoms with Crippen LogP contribution in [-0.4, -0.2) is 32.3 Å². The van der Waals surface area contributed by atoms with Crippen molar-refractivity contribution in [1.82, 2.24) is 14.9 Å². The second-order valence-electron chi connectivity index (χ2n) is 19.9. The third-order valence-corrected chi connectivity index (χ3v) is 13.8. The highest BCUT2D eigenvalue weighted by molar-refractivity contribution is 5.93. The van der Waals surface area contributed by atoms with Gasteiger partial charge >= 0.3 is 12.1 Å². The first-order valence-corrected chi connectivity index (χ1v) is 23.9. The van der Waals surface area contributed by atoms with E-state index in [0.29, 0.717) is 41.1 Å². The molecule has 67 heavy (non-hydrogen) atoms. The Morgan fingerprint density at radius 2 is 1.67 bits per heavy atom. The monoisotopic (exact) mass is 914 g/mol. The number of aliphatic hydroxyl groups is 1. The van der Waals surface area contributed by atoms with E-state index in [2.05, 4.69) is 64.7 Å². The first-order chi connectivity index (χ1) is 31.7. The normalized spacial score (nSPS) is 20.3. The van der Waals surface area contributed by atoms with Gasteiger partial charge in [-0.15, -0.1) is 6.58 Å². The molecule has 2 unspecified atom stereocenters. The van der Waals surface area contributed by atoms with E-state index in [0.717, 1.165) is 90.3 Å². The van der Waals surface area contributed by atoms with Crippen LogP contribution < -0.4 is 20.3 Å². The van der Waals surface area contributed by atoms with E-state index in [1.807, 2.05) is 32.9 Å². The summed E-state index contributed by atoms with van der Waals surface area (Å²) >= 11 is 0. The zero-order chi connectivity index (χ0) is 48.5. The minimum atomic E-state index is -1.99. The fraction of sp³-hybridized carbons (Fsp3) is 0.464. The first kappa shape index (κ1) is 49.1. The summed E-state index contributed by atoms with van der Waals surface area (Å²) in [6.07, 6.45) is 15.2. The fourth-order valence-corrected chi connectivity index (χ4v) is 10.0.